The van der Waals surface area contributed by atoms with Crippen LogP contribution < -0.4 is 5.32 Å². The molecule has 0 aliphatic heterocycles. The lowest BCUT2D eigenvalue weighted by atomic mass is 10.1. The van der Waals surface area contributed by atoms with Gasteiger partial charge in [0.2, 0.25) is 0 Å². The summed E-state index contributed by atoms with van der Waals surface area (Å²) in [4.78, 5) is 19.4. The van der Waals surface area contributed by atoms with Gasteiger partial charge in [-0.05, 0) is 31.2 Å². The van der Waals surface area contributed by atoms with Crippen LogP contribution in [-0.4, -0.2) is 21.0 Å². The van der Waals surface area contributed by atoms with E-state index in [4.69, 9.17) is 5.11 Å². The quantitative estimate of drug-likeness (QED) is 0.857. The fourth-order valence-corrected chi connectivity index (χ4v) is 1.76. The van der Waals surface area contributed by atoms with Crippen molar-refractivity contribution in [2.24, 2.45) is 0 Å². The Morgan fingerprint density at radius 3 is 2.74 bits per heavy atom. The highest BCUT2D eigenvalue weighted by Crippen LogP contribution is 2.11. The van der Waals surface area contributed by atoms with Crippen LogP contribution in [-0.2, 0) is 6.54 Å². The maximum atomic E-state index is 11.1. The number of nitrogens with one attached hydrogen (secondary N) is 1. The zero-order valence-corrected chi connectivity index (χ0v) is 10.6. The van der Waals surface area contributed by atoms with Gasteiger partial charge in [-0.25, -0.2) is 4.79 Å². The fourth-order valence-electron chi connectivity index (χ4n) is 1.76. The van der Waals surface area contributed by atoms with E-state index < -0.39 is 5.97 Å². The van der Waals surface area contributed by atoms with E-state index >= 15 is 0 Å². The highest BCUT2D eigenvalue weighted by molar-refractivity contribution is 5.88. The molecule has 19 heavy (non-hydrogen) atoms. The van der Waals surface area contributed by atoms with Gasteiger partial charge < -0.3 is 10.4 Å². The second kappa shape index (κ2) is 6.06. The largest absolute Gasteiger partial charge is 0.478 e. The number of aromatic carboxylic acids is 1. The van der Waals surface area contributed by atoms with Gasteiger partial charge in [0.1, 0.15) is 0 Å². The number of carboxylic acid groups (broad SMARTS) is 1. The molecule has 0 aliphatic carbocycles. The molecule has 0 fully saturated rings. The summed E-state index contributed by atoms with van der Waals surface area (Å²) in [6.07, 6.45) is 3.33. The van der Waals surface area contributed by atoms with Gasteiger partial charge in [-0.2, -0.15) is 0 Å². The lowest BCUT2D eigenvalue weighted by Gasteiger charge is -2.13. The van der Waals surface area contributed by atoms with Crippen molar-refractivity contribution in [3.63, 3.8) is 0 Å². The van der Waals surface area contributed by atoms with E-state index in [0.29, 0.717) is 12.2 Å². The molecule has 5 heteroatoms. The smallest absolute Gasteiger partial charge is 0.337 e. The Hall–Kier alpha value is -2.27. The fraction of sp³-hybridized carbons (Fsp3) is 0.214. The van der Waals surface area contributed by atoms with E-state index in [2.05, 4.69) is 15.3 Å². The van der Waals surface area contributed by atoms with Gasteiger partial charge in [0.05, 0.1) is 17.0 Å². The van der Waals surface area contributed by atoms with Crippen molar-refractivity contribution in [2.45, 2.75) is 19.5 Å². The summed E-state index contributed by atoms with van der Waals surface area (Å²) in [7, 11) is 0. The molecule has 2 aromatic rings. The number of rotatable bonds is 5. The Kier molecular flexibility index (Phi) is 4.20. The Bertz CT molecular complexity index is 558. The molecule has 0 bridgehead atoms. The summed E-state index contributed by atoms with van der Waals surface area (Å²) in [5, 5.41) is 12.3. The van der Waals surface area contributed by atoms with Crippen molar-refractivity contribution in [1.82, 2.24) is 15.3 Å². The number of pyridine rings is 2. The number of hydrogen-bond donors (Lipinski definition) is 2. The van der Waals surface area contributed by atoms with Crippen LogP contribution in [0.25, 0.3) is 0 Å². The summed E-state index contributed by atoms with van der Waals surface area (Å²) >= 11 is 0. The van der Waals surface area contributed by atoms with Crippen molar-refractivity contribution in [3.05, 3.63) is 59.7 Å². The van der Waals surface area contributed by atoms with E-state index in [9.17, 15) is 4.79 Å². The molecule has 0 spiro atoms. The van der Waals surface area contributed by atoms with Gasteiger partial charge in [0.15, 0.2) is 0 Å². The SMILES string of the molecule is C[C@@H](NCc1ncccc1C(=O)O)c1ccccn1. The van der Waals surface area contributed by atoms with Crippen LogP contribution in [0.3, 0.4) is 0 Å². The highest BCUT2D eigenvalue weighted by Gasteiger charge is 2.12. The summed E-state index contributed by atoms with van der Waals surface area (Å²) in [6, 6.07) is 8.91. The third kappa shape index (κ3) is 3.35. The molecule has 0 saturated heterocycles. The maximum Gasteiger partial charge on any atom is 0.337 e. The summed E-state index contributed by atoms with van der Waals surface area (Å²) in [5.74, 6) is -0.963. The molecule has 98 valence electrons. The Morgan fingerprint density at radius 1 is 1.26 bits per heavy atom. The third-order valence-corrected chi connectivity index (χ3v) is 2.83. The van der Waals surface area contributed by atoms with Gasteiger partial charge in [-0.1, -0.05) is 6.07 Å². The minimum absolute atomic E-state index is 0.0323. The van der Waals surface area contributed by atoms with Gasteiger partial charge in [0, 0.05) is 25.0 Å². The molecular weight excluding hydrogens is 242 g/mol. The standard InChI is InChI=1S/C14H15N3O2/c1-10(12-6-2-3-7-15-12)17-9-13-11(14(18)19)5-4-8-16-13/h2-8,10,17H,9H2,1H3,(H,18,19)/t10-/m1/s1. The van der Waals surface area contributed by atoms with Gasteiger partial charge in [-0.15, -0.1) is 0 Å². The predicted octanol–water partition coefficient (Wildman–Crippen LogP) is 2.03. The van der Waals surface area contributed by atoms with E-state index in [1.807, 2.05) is 25.1 Å². The van der Waals surface area contributed by atoms with Crippen molar-refractivity contribution >= 4 is 5.97 Å². The summed E-state index contributed by atoms with van der Waals surface area (Å²) in [6.45, 7) is 2.37. The van der Waals surface area contributed by atoms with E-state index in [0.717, 1.165) is 5.69 Å². The molecule has 0 saturated carbocycles. The minimum Gasteiger partial charge on any atom is -0.478 e. The van der Waals surface area contributed by atoms with Crippen LogP contribution in [0.1, 0.15) is 34.7 Å². The van der Waals surface area contributed by atoms with Crippen LogP contribution >= 0.6 is 0 Å². The molecule has 5 nitrogen and oxygen atoms in total. The second-order valence-corrected chi connectivity index (χ2v) is 4.16. The number of carboxylic acids is 1. The van der Waals surface area contributed by atoms with Crippen molar-refractivity contribution in [1.29, 1.82) is 0 Å². The maximum absolute atomic E-state index is 11.1. The van der Waals surface area contributed by atoms with Crippen molar-refractivity contribution in [3.8, 4) is 0 Å². The molecule has 0 amide bonds. The summed E-state index contributed by atoms with van der Waals surface area (Å²) in [5.41, 5.74) is 1.66. The number of nitrogens with zero attached hydrogens (tertiary/aromatic N) is 2. The van der Waals surface area contributed by atoms with Gasteiger partial charge >= 0.3 is 5.97 Å². The monoisotopic (exact) mass is 257 g/mol. The van der Waals surface area contributed by atoms with Gasteiger partial charge in [0.25, 0.3) is 0 Å². The van der Waals surface area contributed by atoms with Crippen LogP contribution in [0.15, 0.2) is 42.7 Å². The number of carbonyl (C=O) groups is 1. The molecular formula is C14H15N3O2. The number of hydrogen-bond acceptors (Lipinski definition) is 4. The lowest BCUT2D eigenvalue weighted by molar-refractivity contribution is 0.0695. The Morgan fingerprint density at radius 2 is 2.05 bits per heavy atom. The summed E-state index contributed by atoms with van der Waals surface area (Å²) < 4.78 is 0. The van der Waals surface area contributed by atoms with Crippen LogP contribution in [0.4, 0.5) is 0 Å². The van der Waals surface area contributed by atoms with E-state index in [-0.39, 0.29) is 11.6 Å². The van der Waals surface area contributed by atoms with Crippen LogP contribution in [0, 0.1) is 0 Å². The minimum atomic E-state index is -0.963. The Balaban J connectivity index is 2.05. The van der Waals surface area contributed by atoms with Crippen molar-refractivity contribution < 1.29 is 9.90 Å². The van der Waals surface area contributed by atoms with Crippen molar-refractivity contribution in [2.75, 3.05) is 0 Å². The first-order valence-corrected chi connectivity index (χ1v) is 6.00. The normalized spacial score (nSPS) is 12.1. The first kappa shape index (κ1) is 13.2. The van der Waals surface area contributed by atoms with Gasteiger partial charge in [-0.3, -0.25) is 9.97 Å². The molecule has 0 unspecified atom stereocenters. The predicted molar refractivity (Wildman–Crippen MR) is 70.7 cm³/mol. The topological polar surface area (TPSA) is 75.1 Å². The molecule has 2 heterocycles. The molecule has 2 aromatic heterocycles. The number of aromatic nitrogens is 2. The molecule has 2 N–H and O–H groups in total. The molecule has 0 radical (unpaired) electrons. The first-order valence-electron chi connectivity index (χ1n) is 6.00. The highest BCUT2D eigenvalue weighted by atomic mass is 16.4. The van der Waals surface area contributed by atoms with E-state index in [1.54, 1.807) is 24.5 Å². The first-order chi connectivity index (χ1) is 9.18. The molecule has 0 aliphatic rings. The second-order valence-electron chi connectivity index (χ2n) is 4.16. The zero-order valence-electron chi connectivity index (χ0n) is 10.6. The lowest BCUT2D eigenvalue weighted by Crippen LogP contribution is -2.21. The van der Waals surface area contributed by atoms with E-state index in [1.165, 1.54) is 0 Å². The van der Waals surface area contributed by atoms with Crippen LogP contribution in [0.5, 0.6) is 0 Å². The third-order valence-electron chi connectivity index (χ3n) is 2.83. The molecule has 2 rings (SSSR count). The molecule has 1 atom stereocenters. The van der Waals surface area contributed by atoms with Crippen LogP contribution in [0.2, 0.25) is 0 Å². The average Bonchev–Trinajstić information content (AvgIpc) is 2.46. The zero-order chi connectivity index (χ0) is 13.7. The Labute approximate surface area is 111 Å². The average molecular weight is 257 g/mol. The molecule has 0 aromatic carbocycles.